The highest BCUT2D eigenvalue weighted by atomic mass is 32.2. The maximum atomic E-state index is 12.2. The Hall–Kier alpha value is -1.36. The van der Waals surface area contributed by atoms with E-state index in [1.165, 1.54) is 6.42 Å². The van der Waals surface area contributed by atoms with E-state index >= 15 is 0 Å². The van der Waals surface area contributed by atoms with Gasteiger partial charge in [0.25, 0.3) is 0 Å². The smallest absolute Gasteiger partial charge is 0.193 e. The molecule has 0 aliphatic carbocycles. The van der Waals surface area contributed by atoms with Crippen LogP contribution in [0, 0.1) is 11.8 Å². The fourth-order valence-electron chi connectivity index (χ4n) is 3.35. The number of benzene rings is 1. The molecule has 1 aromatic rings. The second-order valence-electron chi connectivity index (χ2n) is 6.86. The number of hydrogen-bond donors (Lipinski definition) is 1. The summed E-state index contributed by atoms with van der Waals surface area (Å²) in [6.07, 6.45) is 1.29. The van der Waals surface area contributed by atoms with Crippen LogP contribution in [0.25, 0.3) is 0 Å². The van der Waals surface area contributed by atoms with Gasteiger partial charge in [0.15, 0.2) is 5.96 Å². The summed E-state index contributed by atoms with van der Waals surface area (Å²) in [4.78, 5) is 7.09. The van der Waals surface area contributed by atoms with Crippen LogP contribution in [-0.4, -0.2) is 47.0 Å². The Labute approximate surface area is 149 Å². The summed E-state index contributed by atoms with van der Waals surface area (Å²) in [5, 5.41) is 3.39. The van der Waals surface area contributed by atoms with E-state index in [1.807, 2.05) is 30.3 Å². The van der Waals surface area contributed by atoms with Crippen LogP contribution in [0.5, 0.6) is 0 Å². The fourth-order valence-corrected chi connectivity index (χ4v) is 4.35. The van der Waals surface area contributed by atoms with Crippen molar-refractivity contribution in [3.05, 3.63) is 35.9 Å². The van der Waals surface area contributed by atoms with Crippen LogP contribution < -0.4 is 5.32 Å². The maximum Gasteiger partial charge on any atom is 0.193 e. The zero-order valence-electron chi connectivity index (χ0n) is 15.2. The molecule has 0 amide bonds. The van der Waals surface area contributed by atoms with Gasteiger partial charge in [0.2, 0.25) is 0 Å². The van der Waals surface area contributed by atoms with Crippen molar-refractivity contribution >= 4 is 16.8 Å². The van der Waals surface area contributed by atoms with Crippen molar-refractivity contribution in [3.63, 3.8) is 0 Å². The van der Waals surface area contributed by atoms with E-state index in [2.05, 4.69) is 31.0 Å². The normalized spacial score (nSPS) is 23.1. The summed E-state index contributed by atoms with van der Waals surface area (Å²) in [5.74, 6) is 3.61. The highest BCUT2D eigenvalue weighted by Crippen LogP contribution is 2.20. The van der Waals surface area contributed by atoms with Crippen LogP contribution in [0.15, 0.2) is 35.3 Å². The van der Waals surface area contributed by atoms with Crippen molar-refractivity contribution in [2.75, 3.05) is 31.9 Å². The van der Waals surface area contributed by atoms with Gasteiger partial charge in [-0.1, -0.05) is 44.2 Å². The van der Waals surface area contributed by atoms with E-state index in [4.69, 9.17) is 4.99 Å². The molecule has 0 aromatic heterocycles. The van der Waals surface area contributed by atoms with Gasteiger partial charge in [0, 0.05) is 41.9 Å². The third-order valence-electron chi connectivity index (χ3n) is 4.25. The van der Waals surface area contributed by atoms with Crippen LogP contribution in [0.1, 0.15) is 32.8 Å². The molecule has 1 saturated heterocycles. The topological polar surface area (TPSA) is 44.7 Å². The number of nitrogens with zero attached hydrogens (tertiary/aromatic N) is 2. The van der Waals surface area contributed by atoms with Crippen molar-refractivity contribution in [2.45, 2.75) is 32.9 Å². The molecule has 24 heavy (non-hydrogen) atoms. The zero-order valence-corrected chi connectivity index (χ0v) is 16.0. The van der Waals surface area contributed by atoms with Gasteiger partial charge in [-0.25, -0.2) is 0 Å². The summed E-state index contributed by atoms with van der Waals surface area (Å²) >= 11 is 0. The number of guanidine groups is 1. The zero-order chi connectivity index (χ0) is 17.4. The Morgan fingerprint density at radius 1 is 1.25 bits per heavy atom. The molecular weight excluding hydrogens is 318 g/mol. The lowest BCUT2D eigenvalue weighted by Crippen LogP contribution is -2.48. The second-order valence-corrected chi connectivity index (χ2v) is 8.44. The first-order chi connectivity index (χ1) is 11.6. The number of aliphatic imine (C=N–C) groups is 1. The molecule has 3 unspecified atom stereocenters. The predicted octanol–water partition coefficient (Wildman–Crippen LogP) is 2.88. The monoisotopic (exact) mass is 349 g/mol. The lowest BCUT2D eigenvalue weighted by molar-refractivity contribution is 0.208. The summed E-state index contributed by atoms with van der Waals surface area (Å²) in [6, 6.07) is 10.0. The highest BCUT2D eigenvalue weighted by Gasteiger charge is 2.23. The average molecular weight is 350 g/mol. The van der Waals surface area contributed by atoms with Crippen LogP contribution in [0.3, 0.4) is 0 Å². The van der Waals surface area contributed by atoms with E-state index in [9.17, 15) is 4.21 Å². The third kappa shape index (κ3) is 6.27. The molecule has 1 heterocycles. The summed E-state index contributed by atoms with van der Waals surface area (Å²) in [7, 11) is -0.864. The number of piperidine rings is 1. The minimum Gasteiger partial charge on any atom is -0.357 e. The fraction of sp³-hybridized carbons (Fsp3) is 0.632. The minimum atomic E-state index is -0.864. The molecule has 3 atom stereocenters. The molecular formula is C19H31N3OS. The molecule has 5 heteroatoms. The molecule has 1 aromatic carbocycles. The first-order valence-corrected chi connectivity index (χ1v) is 10.5. The van der Waals surface area contributed by atoms with Crippen LogP contribution in [-0.2, 0) is 16.6 Å². The first kappa shape index (κ1) is 19.0. The lowest BCUT2D eigenvalue weighted by atomic mass is 9.92. The largest absolute Gasteiger partial charge is 0.357 e. The van der Waals surface area contributed by atoms with Crippen molar-refractivity contribution in [3.8, 4) is 0 Å². The van der Waals surface area contributed by atoms with Crippen LogP contribution in [0.4, 0.5) is 0 Å². The van der Waals surface area contributed by atoms with E-state index in [1.54, 1.807) is 0 Å². The third-order valence-corrected chi connectivity index (χ3v) is 5.55. The maximum absolute atomic E-state index is 12.2. The van der Waals surface area contributed by atoms with Crippen LogP contribution in [0.2, 0.25) is 0 Å². The van der Waals surface area contributed by atoms with E-state index in [0.29, 0.717) is 29.9 Å². The molecule has 1 aliphatic rings. The van der Waals surface area contributed by atoms with Gasteiger partial charge in [-0.3, -0.25) is 9.20 Å². The molecule has 1 aliphatic heterocycles. The van der Waals surface area contributed by atoms with Gasteiger partial charge < -0.3 is 10.2 Å². The van der Waals surface area contributed by atoms with Crippen molar-refractivity contribution in [2.24, 2.45) is 16.8 Å². The van der Waals surface area contributed by atoms with Gasteiger partial charge in [0.05, 0.1) is 6.54 Å². The standard InChI is InChI=1S/C19H31N3OS/c1-4-20-19(22-13-16(2)12-17(3)14-22)21-10-11-24(23)15-18-8-6-5-7-9-18/h5-9,16-17H,4,10-15H2,1-3H3,(H,20,21). The average Bonchev–Trinajstić information content (AvgIpc) is 2.54. The highest BCUT2D eigenvalue weighted by molar-refractivity contribution is 7.84. The Balaban J connectivity index is 1.87. The molecule has 2 rings (SSSR count). The number of hydrogen-bond acceptors (Lipinski definition) is 2. The molecule has 0 radical (unpaired) electrons. The van der Waals surface area contributed by atoms with Gasteiger partial charge in [-0.2, -0.15) is 0 Å². The number of nitrogens with one attached hydrogen (secondary N) is 1. The number of rotatable bonds is 6. The Morgan fingerprint density at radius 2 is 1.92 bits per heavy atom. The predicted molar refractivity (Wildman–Crippen MR) is 104 cm³/mol. The number of likely N-dealkylation sites (tertiary alicyclic amines) is 1. The van der Waals surface area contributed by atoms with Crippen molar-refractivity contribution in [1.29, 1.82) is 0 Å². The van der Waals surface area contributed by atoms with E-state index in [0.717, 1.165) is 31.2 Å². The van der Waals surface area contributed by atoms with Gasteiger partial charge >= 0.3 is 0 Å². The molecule has 4 nitrogen and oxygen atoms in total. The molecule has 1 N–H and O–H groups in total. The van der Waals surface area contributed by atoms with Crippen molar-refractivity contribution < 1.29 is 4.21 Å². The minimum absolute atomic E-state index is 0.612. The molecule has 1 fully saturated rings. The second kappa shape index (κ2) is 9.82. The SMILES string of the molecule is CCNC(=NCCS(=O)Cc1ccccc1)N1CC(C)CC(C)C1. The van der Waals surface area contributed by atoms with E-state index in [-0.39, 0.29) is 0 Å². The Morgan fingerprint density at radius 3 is 2.54 bits per heavy atom. The van der Waals surface area contributed by atoms with Gasteiger partial charge in [-0.15, -0.1) is 0 Å². The van der Waals surface area contributed by atoms with Gasteiger partial charge in [0.1, 0.15) is 0 Å². The molecule has 0 saturated carbocycles. The summed E-state index contributed by atoms with van der Waals surface area (Å²) in [5.41, 5.74) is 1.13. The molecule has 0 spiro atoms. The summed E-state index contributed by atoms with van der Waals surface area (Å²) in [6.45, 7) is 10.3. The first-order valence-electron chi connectivity index (χ1n) is 9.00. The quantitative estimate of drug-likeness (QED) is 0.634. The molecule has 134 valence electrons. The van der Waals surface area contributed by atoms with Crippen LogP contribution >= 0.6 is 0 Å². The summed E-state index contributed by atoms with van der Waals surface area (Å²) < 4.78 is 12.2. The van der Waals surface area contributed by atoms with Crippen molar-refractivity contribution in [1.82, 2.24) is 10.2 Å². The lowest BCUT2D eigenvalue weighted by Gasteiger charge is -2.37. The van der Waals surface area contributed by atoms with E-state index < -0.39 is 10.8 Å². The Kier molecular flexibility index (Phi) is 7.76. The Bertz CT molecular complexity index is 537. The van der Waals surface area contributed by atoms with Gasteiger partial charge in [-0.05, 0) is 30.7 Å². The molecule has 0 bridgehead atoms.